The number of carbonyl (C=O) groups excluding carboxylic acids is 1. The summed E-state index contributed by atoms with van der Waals surface area (Å²) in [5.74, 6) is 0.0430. The van der Waals surface area contributed by atoms with Crippen LogP contribution in [0.1, 0.15) is 42.1 Å². The highest BCUT2D eigenvalue weighted by Crippen LogP contribution is 2.23. The second-order valence-electron chi connectivity index (χ2n) is 5.34. The first-order valence-electron chi connectivity index (χ1n) is 6.87. The largest absolute Gasteiger partial charge is 0.398 e. The summed E-state index contributed by atoms with van der Waals surface area (Å²) >= 11 is 0. The Balaban J connectivity index is 2.19. The van der Waals surface area contributed by atoms with E-state index >= 15 is 0 Å². The fourth-order valence-corrected chi connectivity index (χ4v) is 2.59. The number of piperidine rings is 1. The van der Waals surface area contributed by atoms with Gasteiger partial charge in [0.15, 0.2) is 0 Å². The SMILES string of the molecule is CCC1CCCN(C(=O)c2cc(N)c(C)c(F)c2)C1. The molecule has 1 saturated heterocycles. The number of rotatable bonds is 2. The van der Waals surface area contributed by atoms with Crippen LogP contribution in [0, 0.1) is 18.7 Å². The van der Waals surface area contributed by atoms with Gasteiger partial charge in [-0.25, -0.2) is 4.39 Å². The van der Waals surface area contributed by atoms with Gasteiger partial charge in [0.1, 0.15) is 5.82 Å². The van der Waals surface area contributed by atoms with Crippen LogP contribution in [0.15, 0.2) is 12.1 Å². The number of nitrogens with zero attached hydrogens (tertiary/aromatic N) is 1. The molecule has 0 bridgehead atoms. The molecule has 1 aliphatic heterocycles. The molecule has 0 aromatic heterocycles. The van der Waals surface area contributed by atoms with Crippen molar-refractivity contribution < 1.29 is 9.18 Å². The van der Waals surface area contributed by atoms with Gasteiger partial charge >= 0.3 is 0 Å². The van der Waals surface area contributed by atoms with Gasteiger partial charge in [-0.05, 0) is 37.8 Å². The van der Waals surface area contributed by atoms with Gasteiger partial charge in [0, 0.05) is 29.9 Å². The molecule has 1 aromatic rings. The van der Waals surface area contributed by atoms with Gasteiger partial charge < -0.3 is 10.6 Å². The molecule has 1 fully saturated rings. The van der Waals surface area contributed by atoms with E-state index in [1.807, 2.05) is 4.90 Å². The zero-order valence-corrected chi connectivity index (χ0v) is 11.6. The molecule has 1 aliphatic rings. The summed E-state index contributed by atoms with van der Waals surface area (Å²) in [6.45, 7) is 5.28. The van der Waals surface area contributed by atoms with E-state index in [0.29, 0.717) is 22.7 Å². The summed E-state index contributed by atoms with van der Waals surface area (Å²) < 4.78 is 13.7. The average molecular weight is 264 g/mol. The molecule has 4 heteroatoms. The van der Waals surface area contributed by atoms with Crippen LogP contribution >= 0.6 is 0 Å². The summed E-state index contributed by atoms with van der Waals surface area (Å²) in [6.07, 6.45) is 3.27. The predicted octanol–water partition coefficient (Wildman–Crippen LogP) is 2.98. The molecule has 0 saturated carbocycles. The van der Waals surface area contributed by atoms with E-state index in [1.54, 1.807) is 13.0 Å². The van der Waals surface area contributed by atoms with E-state index in [2.05, 4.69) is 6.92 Å². The summed E-state index contributed by atoms with van der Waals surface area (Å²) in [6, 6.07) is 2.87. The molecule has 0 radical (unpaired) electrons. The van der Waals surface area contributed by atoms with Crippen molar-refractivity contribution in [3.63, 3.8) is 0 Å². The highest BCUT2D eigenvalue weighted by molar-refractivity contribution is 5.95. The number of nitrogen functional groups attached to an aromatic ring is 1. The van der Waals surface area contributed by atoms with Crippen LogP contribution in [0.5, 0.6) is 0 Å². The Morgan fingerprint density at radius 2 is 2.26 bits per heavy atom. The van der Waals surface area contributed by atoms with Gasteiger partial charge in [-0.3, -0.25) is 4.79 Å². The maximum atomic E-state index is 13.7. The Labute approximate surface area is 113 Å². The molecule has 1 atom stereocenters. The van der Waals surface area contributed by atoms with Crippen molar-refractivity contribution in [1.82, 2.24) is 4.90 Å². The quantitative estimate of drug-likeness (QED) is 0.835. The molecule has 2 N–H and O–H groups in total. The van der Waals surface area contributed by atoms with Gasteiger partial charge in [0.25, 0.3) is 5.91 Å². The average Bonchev–Trinajstić information content (AvgIpc) is 2.43. The Morgan fingerprint density at radius 1 is 1.53 bits per heavy atom. The Kier molecular flexibility index (Phi) is 4.08. The van der Waals surface area contributed by atoms with E-state index in [-0.39, 0.29) is 5.91 Å². The smallest absolute Gasteiger partial charge is 0.254 e. The first-order valence-corrected chi connectivity index (χ1v) is 6.87. The zero-order valence-electron chi connectivity index (χ0n) is 11.6. The zero-order chi connectivity index (χ0) is 14.0. The van der Waals surface area contributed by atoms with Crippen LogP contribution in [0.4, 0.5) is 10.1 Å². The summed E-state index contributed by atoms with van der Waals surface area (Å²) in [5.41, 5.74) is 6.83. The van der Waals surface area contributed by atoms with Crippen molar-refractivity contribution >= 4 is 11.6 Å². The Morgan fingerprint density at radius 3 is 2.89 bits per heavy atom. The fraction of sp³-hybridized carbons (Fsp3) is 0.533. The van der Waals surface area contributed by atoms with Crippen molar-refractivity contribution in [2.24, 2.45) is 5.92 Å². The van der Waals surface area contributed by atoms with E-state index in [0.717, 1.165) is 25.9 Å². The number of benzene rings is 1. The molecule has 1 unspecified atom stereocenters. The van der Waals surface area contributed by atoms with Crippen LogP contribution in [-0.4, -0.2) is 23.9 Å². The minimum atomic E-state index is -0.410. The molecular weight excluding hydrogens is 243 g/mol. The number of carbonyl (C=O) groups is 1. The van der Waals surface area contributed by atoms with Crippen LogP contribution in [0.25, 0.3) is 0 Å². The molecular formula is C15H21FN2O. The predicted molar refractivity (Wildman–Crippen MR) is 74.5 cm³/mol. The normalized spacial score (nSPS) is 19.5. The van der Waals surface area contributed by atoms with E-state index in [1.165, 1.54) is 12.5 Å². The molecule has 104 valence electrons. The van der Waals surface area contributed by atoms with Crippen molar-refractivity contribution in [2.45, 2.75) is 33.1 Å². The molecule has 19 heavy (non-hydrogen) atoms. The number of amides is 1. The van der Waals surface area contributed by atoms with Crippen molar-refractivity contribution in [3.8, 4) is 0 Å². The minimum absolute atomic E-state index is 0.108. The van der Waals surface area contributed by atoms with Crippen LogP contribution < -0.4 is 5.73 Å². The summed E-state index contributed by atoms with van der Waals surface area (Å²) in [4.78, 5) is 14.2. The molecule has 0 spiro atoms. The Hall–Kier alpha value is -1.58. The maximum absolute atomic E-state index is 13.7. The van der Waals surface area contributed by atoms with Gasteiger partial charge in [-0.2, -0.15) is 0 Å². The number of anilines is 1. The lowest BCUT2D eigenvalue weighted by Crippen LogP contribution is -2.39. The van der Waals surface area contributed by atoms with Crippen molar-refractivity contribution in [2.75, 3.05) is 18.8 Å². The molecule has 1 heterocycles. The van der Waals surface area contributed by atoms with Gasteiger partial charge in [0.2, 0.25) is 0 Å². The third kappa shape index (κ3) is 2.88. The summed E-state index contributed by atoms with van der Waals surface area (Å²) in [7, 11) is 0. The highest BCUT2D eigenvalue weighted by Gasteiger charge is 2.24. The lowest BCUT2D eigenvalue weighted by Gasteiger charge is -2.32. The monoisotopic (exact) mass is 264 g/mol. The van der Waals surface area contributed by atoms with Gasteiger partial charge in [-0.1, -0.05) is 13.3 Å². The lowest BCUT2D eigenvalue weighted by molar-refractivity contribution is 0.0671. The van der Waals surface area contributed by atoms with Crippen LogP contribution in [-0.2, 0) is 0 Å². The van der Waals surface area contributed by atoms with Gasteiger partial charge in [-0.15, -0.1) is 0 Å². The van der Waals surface area contributed by atoms with Crippen molar-refractivity contribution in [3.05, 3.63) is 29.1 Å². The fourth-order valence-electron chi connectivity index (χ4n) is 2.59. The second kappa shape index (κ2) is 5.59. The number of nitrogens with two attached hydrogens (primary N) is 1. The molecule has 3 nitrogen and oxygen atoms in total. The third-order valence-electron chi connectivity index (χ3n) is 4.01. The first-order chi connectivity index (χ1) is 9.02. The number of likely N-dealkylation sites (tertiary alicyclic amines) is 1. The highest BCUT2D eigenvalue weighted by atomic mass is 19.1. The number of hydrogen-bond donors (Lipinski definition) is 1. The topological polar surface area (TPSA) is 46.3 Å². The lowest BCUT2D eigenvalue weighted by atomic mass is 9.95. The summed E-state index contributed by atoms with van der Waals surface area (Å²) in [5, 5.41) is 0. The van der Waals surface area contributed by atoms with Crippen molar-refractivity contribution in [1.29, 1.82) is 0 Å². The van der Waals surface area contributed by atoms with Crippen LogP contribution in [0.2, 0.25) is 0 Å². The van der Waals surface area contributed by atoms with E-state index in [4.69, 9.17) is 5.73 Å². The van der Waals surface area contributed by atoms with Crippen LogP contribution in [0.3, 0.4) is 0 Å². The second-order valence-corrected chi connectivity index (χ2v) is 5.34. The first kappa shape index (κ1) is 13.8. The Bertz CT molecular complexity index is 464. The number of halogens is 1. The maximum Gasteiger partial charge on any atom is 0.254 e. The molecule has 1 amide bonds. The van der Waals surface area contributed by atoms with E-state index in [9.17, 15) is 9.18 Å². The number of hydrogen-bond acceptors (Lipinski definition) is 2. The standard InChI is InChI=1S/C15H21FN2O/c1-3-11-5-4-6-18(9-11)15(19)12-7-13(16)10(2)14(17)8-12/h7-8,11H,3-6,9,17H2,1-2H3. The minimum Gasteiger partial charge on any atom is -0.398 e. The molecule has 2 rings (SSSR count). The van der Waals surface area contributed by atoms with Gasteiger partial charge in [0.05, 0.1) is 0 Å². The van der Waals surface area contributed by atoms with E-state index < -0.39 is 5.82 Å². The molecule has 0 aliphatic carbocycles. The molecule has 1 aromatic carbocycles. The third-order valence-corrected chi connectivity index (χ3v) is 4.01.